The van der Waals surface area contributed by atoms with Crippen molar-refractivity contribution in [1.29, 1.82) is 0 Å². The van der Waals surface area contributed by atoms with E-state index in [2.05, 4.69) is 0 Å². The summed E-state index contributed by atoms with van der Waals surface area (Å²) < 4.78 is 10.3. The van der Waals surface area contributed by atoms with Crippen LogP contribution in [0.1, 0.15) is 0 Å². The summed E-state index contributed by atoms with van der Waals surface area (Å²) in [5, 5.41) is 10.8. The number of aromatic hydroxyl groups is 1. The molecule has 0 bridgehead atoms. The maximum absolute atomic E-state index is 12.1. The molecule has 0 aliphatic heterocycles. The van der Waals surface area contributed by atoms with Crippen LogP contribution in [0.5, 0.6) is 11.5 Å². The third-order valence-electron chi connectivity index (χ3n) is 3.20. The molecule has 3 aromatic rings. The van der Waals surface area contributed by atoms with Gasteiger partial charge in [-0.2, -0.15) is 0 Å². The zero-order chi connectivity index (χ0) is 15.0. The van der Waals surface area contributed by atoms with Gasteiger partial charge in [0.25, 0.3) is 0 Å². The Morgan fingerprint density at radius 1 is 1.14 bits per heavy atom. The standard InChI is InChI=1S/C16H11ClO4/c1-20-15-7-9-6-11(10-4-2-3-5-12(10)17)16(19)21-14(9)8-13(15)18/h2-8,18H,1H3. The summed E-state index contributed by atoms with van der Waals surface area (Å²) >= 11 is 6.12. The Bertz CT molecular complexity index is 883. The summed E-state index contributed by atoms with van der Waals surface area (Å²) in [6.07, 6.45) is 0. The highest BCUT2D eigenvalue weighted by Gasteiger charge is 2.13. The number of hydrogen-bond donors (Lipinski definition) is 1. The minimum Gasteiger partial charge on any atom is -0.504 e. The molecule has 0 saturated carbocycles. The summed E-state index contributed by atoms with van der Waals surface area (Å²) in [6.45, 7) is 0. The van der Waals surface area contributed by atoms with E-state index in [9.17, 15) is 9.90 Å². The van der Waals surface area contributed by atoms with Crippen LogP contribution in [-0.4, -0.2) is 12.2 Å². The van der Waals surface area contributed by atoms with E-state index >= 15 is 0 Å². The number of halogens is 1. The molecule has 0 aliphatic rings. The van der Waals surface area contributed by atoms with E-state index in [-0.39, 0.29) is 11.3 Å². The number of phenolic OH excluding ortho intramolecular Hbond substituents is 1. The topological polar surface area (TPSA) is 59.7 Å². The van der Waals surface area contributed by atoms with Crippen molar-refractivity contribution in [2.24, 2.45) is 0 Å². The minimum absolute atomic E-state index is 0.0846. The Balaban J connectivity index is 2.30. The molecule has 0 amide bonds. The van der Waals surface area contributed by atoms with Gasteiger partial charge >= 0.3 is 5.63 Å². The van der Waals surface area contributed by atoms with Crippen LogP contribution in [-0.2, 0) is 0 Å². The maximum Gasteiger partial charge on any atom is 0.344 e. The Hall–Kier alpha value is -2.46. The average Bonchev–Trinajstić information content (AvgIpc) is 2.47. The lowest BCUT2D eigenvalue weighted by Crippen LogP contribution is -2.03. The second-order valence-electron chi connectivity index (χ2n) is 4.49. The van der Waals surface area contributed by atoms with Crippen molar-refractivity contribution in [2.45, 2.75) is 0 Å². The molecule has 0 unspecified atom stereocenters. The molecule has 3 rings (SSSR count). The summed E-state index contributed by atoms with van der Waals surface area (Å²) in [5.74, 6) is 0.222. The molecule has 0 radical (unpaired) electrons. The number of rotatable bonds is 2. The van der Waals surface area contributed by atoms with Gasteiger partial charge in [0.05, 0.1) is 12.7 Å². The van der Waals surface area contributed by atoms with E-state index in [1.807, 2.05) is 0 Å². The molecular formula is C16H11ClO4. The van der Waals surface area contributed by atoms with E-state index in [0.717, 1.165) is 0 Å². The third-order valence-corrected chi connectivity index (χ3v) is 3.53. The van der Waals surface area contributed by atoms with Gasteiger partial charge in [0.2, 0.25) is 0 Å². The van der Waals surface area contributed by atoms with Crippen LogP contribution in [0.15, 0.2) is 51.7 Å². The fourth-order valence-electron chi connectivity index (χ4n) is 2.17. The first-order valence-corrected chi connectivity index (χ1v) is 6.57. The smallest absolute Gasteiger partial charge is 0.344 e. The molecule has 0 atom stereocenters. The largest absolute Gasteiger partial charge is 0.504 e. The van der Waals surface area contributed by atoms with E-state index in [1.54, 1.807) is 36.4 Å². The number of benzene rings is 2. The van der Waals surface area contributed by atoms with E-state index < -0.39 is 5.63 Å². The predicted octanol–water partition coefficient (Wildman–Crippen LogP) is 3.83. The fraction of sp³-hybridized carbons (Fsp3) is 0.0625. The van der Waals surface area contributed by atoms with Crippen molar-refractivity contribution in [3.8, 4) is 22.6 Å². The van der Waals surface area contributed by atoms with E-state index in [1.165, 1.54) is 13.2 Å². The van der Waals surface area contributed by atoms with Gasteiger partial charge in [-0.25, -0.2) is 4.79 Å². The van der Waals surface area contributed by atoms with Crippen LogP contribution in [0, 0.1) is 0 Å². The van der Waals surface area contributed by atoms with Gasteiger partial charge in [-0.3, -0.25) is 0 Å². The highest BCUT2D eigenvalue weighted by Crippen LogP contribution is 2.33. The lowest BCUT2D eigenvalue weighted by Gasteiger charge is -2.07. The SMILES string of the molecule is COc1cc2cc(-c3ccccc3Cl)c(=O)oc2cc1O. The fourth-order valence-corrected chi connectivity index (χ4v) is 2.40. The van der Waals surface area contributed by atoms with Gasteiger partial charge in [-0.15, -0.1) is 0 Å². The maximum atomic E-state index is 12.1. The summed E-state index contributed by atoms with van der Waals surface area (Å²) in [5.41, 5.74) is 0.733. The lowest BCUT2D eigenvalue weighted by atomic mass is 10.1. The van der Waals surface area contributed by atoms with Crippen molar-refractivity contribution < 1.29 is 14.3 Å². The molecule has 4 nitrogen and oxygen atoms in total. The molecule has 5 heteroatoms. The van der Waals surface area contributed by atoms with Crippen LogP contribution in [0.3, 0.4) is 0 Å². The first-order valence-electron chi connectivity index (χ1n) is 6.20. The highest BCUT2D eigenvalue weighted by molar-refractivity contribution is 6.33. The molecular weight excluding hydrogens is 292 g/mol. The Labute approximate surface area is 125 Å². The summed E-state index contributed by atoms with van der Waals surface area (Å²) in [6, 6.07) is 11.7. The van der Waals surface area contributed by atoms with Gasteiger partial charge in [-0.05, 0) is 18.2 Å². The number of hydrogen-bond acceptors (Lipinski definition) is 4. The highest BCUT2D eigenvalue weighted by atomic mass is 35.5. The van der Waals surface area contributed by atoms with E-state index in [0.29, 0.717) is 27.3 Å². The molecule has 0 saturated heterocycles. The molecule has 1 heterocycles. The van der Waals surface area contributed by atoms with Gasteiger partial charge in [0, 0.05) is 22.0 Å². The van der Waals surface area contributed by atoms with Gasteiger partial charge < -0.3 is 14.3 Å². The number of fused-ring (bicyclic) bond motifs is 1. The van der Waals surface area contributed by atoms with Crippen LogP contribution in [0.4, 0.5) is 0 Å². The van der Waals surface area contributed by atoms with Crippen molar-refractivity contribution in [1.82, 2.24) is 0 Å². The second kappa shape index (κ2) is 5.14. The Morgan fingerprint density at radius 3 is 2.62 bits per heavy atom. The van der Waals surface area contributed by atoms with Crippen LogP contribution in [0.25, 0.3) is 22.1 Å². The first-order chi connectivity index (χ1) is 10.1. The average molecular weight is 303 g/mol. The number of methoxy groups -OCH3 is 1. The first kappa shape index (κ1) is 13.5. The Morgan fingerprint density at radius 2 is 1.90 bits per heavy atom. The third kappa shape index (κ3) is 2.34. The van der Waals surface area contributed by atoms with Crippen molar-refractivity contribution >= 4 is 22.6 Å². The van der Waals surface area contributed by atoms with Crippen LogP contribution in [0.2, 0.25) is 5.02 Å². The van der Waals surface area contributed by atoms with Crippen LogP contribution < -0.4 is 10.4 Å². The lowest BCUT2D eigenvalue weighted by molar-refractivity contribution is 0.373. The molecule has 0 fully saturated rings. The summed E-state index contributed by atoms with van der Waals surface area (Å²) in [7, 11) is 1.45. The predicted molar refractivity (Wildman–Crippen MR) is 81.1 cm³/mol. The van der Waals surface area contributed by atoms with Crippen molar-refractivity contribution in [2.75, 3.05) is 7.11 Å². The van der Waals surface area contributed by atoms with Gasteiger partial charge in [0.15, 0.2) is 11.5 Å². The monoisotopic (exact) mass is 302 g/mol. The zero-order valence-corrected chi connectivity index (χ0v) is 11.8. The normalized spacial score (nSPS) is 10.8. The Kier molecular flexibility index (Phi) is 3.31. The number of ether oxygens (including phenoxy) is 1. The second-order valence-corrected chi connectivity index (χ2v) is 4.90. The van der Waals surface area contributed by atoms with Gasteiger partial charge in [0.1, 0.15) is 5.58 Å². The van der Waals surface area contributed by atoms with E-state index in [4.69, 9.17) is 20.8 Å². The molecule has 21 heavy (non-hydrogen) atoms. The van der Waals surface area contributed by atoms with Crippen molar-refractivity contribution in [3.05, 3.63) is 57.9 Å². The molecule has 1 aromatic heterocycles. The van der Waals surface area contributed by atoms with Gasteiger partial charge in [-0.1, -0.05) is 29.8 Å². The molecule has 1 N–H and O–H groups in total. The summed E-state index contributed by atoms with van der Waals surface area (Å²) in [4.78, 5) is 12.1. The molecule has 106 valence electrons. The van der Waals surface area contributed by atoms with Crippen molar-refractivity contribution in [3.63, 3.8) is 0 Å². The molecule has 0 aliphatic carbocycles. The number of phenols is 1. The minimum atomic E-state index is -0.514. The zero-order valence-electron chi connectivity index (χ0n) is 11.1. The molecule has 0 spiro atoms. The quantitative estimate of drug-likeness (QED) is 0.731. The van der Waals surface area contributed by atoms with Crippen LogP contribution >= 0.6 is 11.6 Å². The molecule has 2 aromatic carbocycles.